The first kappa shape index (κ1) is 15.9. The van der Waals surface area contributed by atoms with E-state index in [1.165, 1.54) is 22.5 Å². The lowest BCUT2D eigenvalue weighted by Gasteiger charge is -2.35. The van der Waals surface area contributed by atoms with E-state index in [-0.39, 0.29) is 11.9 Å². The van der Waals surface area contributed by atoms with Crippen LogP contribution in [0.15, 0.2) is 24.3 Å². The summed E-state index contributed by atoms with van der Waals surface area (Å²) in [4.78, 5) is 14.4. The predicted octanol–water partition coefficient (Wildman–Crippen LogP) is 1.61. The van der Waals surface area contributed by atoms with Crippen molar-refractivity contribution < 1.29 is 9.53 Å². The van der Waals surface area contributed by atoms with Crippen LogP contribution in [0.25, 0.3) is 0 Å². The van der Waals surface area contributed by atoms with E-state index in [0.29, 0.717) is 24.8 Å². The van der Waals surface area contributed by atoms with Crippen LogP contribution in [-0.2, 0) is 24.3 Å². The number of hydrogen-bond donors (Lipinski definition) is 1. The maximum absolute atomic E-state index is 12.3. The summed E-state index contributed by atoms with van der Waals surface area (Å²) in [6.07, 6.45) is 0.715. The minimum absolute atomic E-state index is 0.0362. The molecule has 1 aliphatic rings. The molecule has 0 saturated heterocycles. The van der Waals surface area contributed by atoms with Crippen LogP contribution in [0.3, 0.4) is 0 Å². The average molecular weight is 332 g/mol. The summed E-state index contributed by atoms with van der Waals surface area (Å²) in [5, 5.41) is 12.4. The number of amides is 1. The lowest BCUT2D eigenvalue weighted by Crippen LogP contribution is -2.49. The Balaban J connectivity index is 1.81. The molecule has 122 valence electrons. The molecule has 0 saturated carbocycles. The van der Waals surface area contributed by atoms with Crippen LogP contribution in [0.5, 0.6) is 5.19 Å². The number of rotatable bonds is 5. The zero-order valence-corrected chi connectivity index (χ0v) is 14.1. The molecule has 0 aliphatic carbocycles. The van der Waals surface area contributed by atoms with Crippen LogP contribution >= 0.6 is 11.3 Å². The largest absolute Gasteiger partial charge is 0.469 e. The number of benzene rings is 1. The zero-order chi connectivity index (χ0) is 16.2. The molecule has 0 spiro atoms. The predicted molar refractivity (Wildman–Crippen MR) is 88.3 cm³/mol. The van der Waals surface area contributed by atoms with Gasteiger partial charge in [-0.2, -0.15) is 0 Å². The van der Waals surface area contributed by atoms with Crippen LogP contribution in [0, 0.1) is 0 Å². The molecule has 1 amide bonds. The highest BCUT2D eigenvalue weighted by molar-refractivity contribution is 7.13. The van der Waals surface area contributed by atoms with Crippen molar-refractivity contribution in [2.45, 2.75) is 32.5 Å². The number of hydrogen-bond acceptors (Lipinski definition) is 6. The highest BCUT2D eigenvalue weighted by atomic mass is 32.1. The molecule has 7 heteroatoms. The van der Waals surface area contributed by atoms with Crippen molar-refractivity contribution in [3.05, 3.63) is 40.4 Å². The van der Waals surface area contributed by atoms with Gasteiger partial charge >= 0.3 is 0 Å². The second kappa shape index (κ2) is 7.06. The highest BCUT2D eigenvalue weighted by Gasteiger charge is 2.31. The Bertz CT molecular complexity index is 688. The van der Waals surface area contributed by atoms with E-state index in [4.69, 9.17) is 4.74 Å². The van der Waals surface area contributed by atoms with E-state index >= 15 is 0 Å². The number of carbonyl (C=O) groups excluding carboxylic acids is 1. The fourth-order valence-corrected chi connectivity index (χ4v) is 3.60. The number of nitrogens with zero attached hydrogens (tertiary/aromatic N) is 3. The monoisotopic (exact) mass is 332 g/mol. The Morgan fingerprint density at radius 3 is 2.91 bits per heavy atom. The molecule has 2 heterocycles. The summed E-state index contributed by atoms with van der Waals surface area (Å²) in [5.74, 6) is 0.0362. The molecule has 0 bridgehead atoms. The van der Waals surface area contributed by atoms with Gasteiger partial charge < -0.3 is 10.1 Å². The van der Waals surface area contributed by atoms with Crippen LogP contribution < -0.4 is 10.1 Å². The van der Waals surface area contributed by atoms with Crippen molar-refractivity contribution in [1.29, 1.82) is 0 Å². The second-order valence-corrected chi connectivity index (χ2v) is 6.43. The van der Waals surface area contributed by atoms with Crippen molar-refractivity contribution in [2.75, 3.05) is 13.7 Å². The Kier molecular flexibility index (Phi) is 4.88. The van der Waals surface area contributed by atoms with E-state index in [2.05, 4.69) is 32.5 Å². The molecule has 3 rings (SSSR count). The molecule has 1 atom stereocenters. The maximum atomic E-state index is 12.3. The van der Waals surface area contributed by atoms with Gasteiger partial charge in [0.15, 0.2) is 0 Å². The van der Waals surface area contributed by atoms with Gasteiger partial charge in [0.05, 0.1) is 19.2 Å². The first-order chi connectivity index (χ1) is 11.2. The molecular weight excluding hydrogens is 312 g/mol. The minimum Gasteiger partial charge on any atom is -0.469 e. The first-order valence-electron chi connectivity index (χ1n) is 7.69. The van der Waals surface area contributed by atoms with Gasteiger partial charge in [0.2, 0.25) is 5.91 Å². The summed E-state index contributed by atoms with van der Waals surface area (Å²) in [5.41, 5.74) is 2.51. The molecule has 0 radical (unpaired) electrons. The molecule has 1 aliphatic heterocycles. The van der Waals surface area contributed by atoms with Crippen LogP contribution in [-0.4, -0.2) is 40.7 Å². The molecular formula is C16H20N4O2S. The van der Waals surface area contributed by atoms with Gasteiger partial charge in [-0.15, -0.1) is 10.2 Å². The number of aromatic nitrogens is 2. The van der Waals surface area contributed by atoms with E-state index in [1.807, 2.05) is 19.1 Å². The zero-order valence-electron chi connectivity index (χ0n) is 13.3. The highest BCUT2D eigenvalue weighted by Crippen LogP contribution is 2.27. The Morgan fingerprint density at radius 1 is 1.39 bits per heavy atom. The van der Waals surface area contributed by atoms with Crippen molar-refractivity contribution >= 4 is 17.2 Å². The normalized spacial score (nSPS) is 17.6. The van der Waals surface area contributed by atoms with E-state index < -0.39 is 0 Å². The van der Waals surface area contributed by atoms with Crippen molar-refractivity contribution in [2.24, 2.45) is 0 Å². The van der Waals surface area contributed by atoms with Crippen molar-refractivity contribution in [3.8, 4) is 5.19 Å². The molecule has 2 aromatic rings. The Hall–Kier alpha value is -1.99. The number of nitrogens with one attached hydrogen (secondary N) is 1. The number of fused-ring (bicyclic) bond motifs is 1. The number of ether oxygens (including phenoxy) is 1. The molecule has 0 fully saturated rings. The van der Waals surface area contributed by atoms with E-state index in [1.54, 1.807) is 7.05 Å². The Labute approximate surface area is 139 Å². The van der Waals surface area contributed by atoms with Gasteiger partial charge in [0.1, 0.15) is 5.01 Å². The van der Waals surface area contributed by atoms with Crippen LogP contribution in [0.1, 0.15) is 23.1 Å². The standard InChI is InChI=1S/C16H20N4O2S/c1-3-22-16-19-18-14(23-16)10-20-9-12-7-5-4-6-11(12)8-13(20)15(21)17-2/h4-7,13H,3,8-10H2,1-2H3,(H,17,21)/t13-/m1/s1. The third kappa shape index (κ3) is 3.51. The lowest BCUT2D eigenvalue weighted by molar-refractivity contribution is -0.126. The minimum atomic E-state index is -0.186. The van der Waals surface area contributed by atoms with E-state index in [9.17, 15) is 4.79 Å². The third-order valence-electron chi connectivity index (χ3n) is 3.95. The summed E-state index contributed by atoms with van der Waals surface area (Å²) in [7, 11) is 1.68. The number of likely N-dealkylation sites (N-methyl/N-ethyl adjacent to an activating group) is 1. The topological polar surface area (TPSA) is 67.4 Å². The SMILES string of the molecule is CCOc1nnc(CN2Cc3ccccc3C[C@@H]2C(=O)NC)s1. The third-order valence-corrected chi connectivity index (χ3v) is 4.77. The molecule has 0 unspecified atom stereocenters. The van der Waals surface area contributed by atoms with Gasteiger partial charge in [0.25, 0.3) is 5.19 Å². The molecule has 6 nitrogen and oxygen atoms in total. The van der Waals surface area contributed by atoms with Crippen LogP contribution in [0.2, 0.25) is 0 Å². The van der Waals surface area contributed by atoms with Gasteiger partial charge in [-0.25, -0.2) is 0 Å². The maximum Gasteiger partial charge on any atom is 0.294 e. The molecule has 1 aromatic carbocycles. The van der Waals surface area contributed by atoms with Crippen molar-refractivity contribution in [1.82, 2.24) is 20.4 Å². The summed E-state index contributed by atoms with van der Waals surface area (Å²) in [6, 6.07) is 8.09. The molecule has 23 heavy (non-hydrogen) atoms. The lowest BCUT2D eigenvalue weighted by atomic mass is 9.93. The summed E-state index contributed by atoms with van der Waals surface area (Å²) < 4.78 is 5.37. The van der Waals surface area contributed by atoms with Gasteiger partial charge in [-0.1, -0.05) is 35.6 Å². The van der Waals surface area contributed by atoms with E-state index in [0.717, 1.165) is 11.6 Å². The van der Waals surface area contributed by atoms with Gasteiger partial charge in [-0.3, -0.25) is 9.69 Å². The summed E-state index contributed by atoms with van der Waals surface area (Å²) in [6.45, 7) is 3.83. The van der Waals surface area contributed by atoms with Gasteiger partial charge in [-0.05, 0) is 24.5 Å². The second-order valence-electron chi connectivity index (χ2n) is 5.40. The average Bonchev–Trinajstić information content (AvgIpc) is 3.01. The molecule has 1 aromatic heterocycles. The Morgan fingerprint density at radius 2 is 2.17 bits per heavy atom. The smallest absolute Gasteiger partial charge is 0.294 e. The van der Waals surface area contributed by atoms with Crippen molar-refractivity contribution in [3.63, 3.8) is 0 Å². The first-order valence-corrected chi connectivity index (χ1v) is 8.50. The summed E-state index contributed by atoms with van der Waals surface area (Å²) >= 11 is 1.44. The van der Waals surface area contributed by atoms with Crippen LogP contribution in [0.4, 0.5) is 0 Å². The quantitative estimate of drug-likeness (QED) is 0.901. The van der Waals surface area contributed by atoms with Gasteiger partial charge in [0, 0.05) is 13.6 Å². The fourth-order valence-electron chi connectivity index (χ4n) is 2.83. The number of carbonyl (C=O) groups is 1. The fraction of sp³-hybridized carbons (Fsp3) is 0.438. The molecule has 1 N–H and O–H groups in total.